The van der Waals surface area contributed by atoms with Crippen LogP contribution in [0.3, 0.4) is 0 Å². The number of sulfonamides is 1. The van der Waals surface area contributed by atoms with Crippen molar-refractivity contribution in [3.05, 3.63) is 42.2 Å². The highest BCUT2D eigenvalue weighted by Crippen LogP contribution is 2.21. The molecule has 0 spiro atoms. The van der Waals surface area contributed by atoms with Gasteiger partial charge in [0.1, 0.15) is 11.6 Å². The number of nitrogens with one attached hydrogen (secondary N) is 1. The number of hydrogen-bond acceptors (Lipinski definition) is 5. The summed E-state index contributed by atoms with van der Waals surface area (Å²) in [5, 5.41) is 2.57. The molecule has 1 N–H and O–H groups in total. The number of carbonyl (C=O) groups excluding carboxylic acids is 1. The molecule has 30 heavy (non-hydrogen) atoms. The van der Waals surface area contributed by atoms with Crippen LogP contribution in [-0.4, -0.2) is 66.1 Å². The molecule has 1 aliphatic heterocycles. The van der Waals surface area contributed by atoms with Crippen molar-refractivity contribution in [1.29, 1.82) is 0 Å². The van der Waals surface area contributed by atoms with Crippen molar-refractivity contribution in [2.45, 2.75) is 26.3 Å². The first kappa shape index (κ1) is 23.6. The summed E-state index contributed by atoms with van der Waals surface area (Å²) in [4.78, 5) is 22.0. The Labute approximate surface area is 175 Å². The Morgan fingerprint density at radius 2 is 1.63 bits per heavy atom. The number of carbonyl (C=O) groups is 1. The van der Waals surface area contributed by atoms with Crippen molar-refractivity contribution >= 4 is 22.0 Å². The predicted molar refractivity (Wildman–Crippen MR) is 110 cm³/mol. The van der Waals surface area contributed by atoms with Crippen molar-refractivity contribution < 1.29 is 22.0 Å². The van der Waals surface area contributed by atoms with Gasteiger partial charge in [-0.25, -0.2) is 36.3 Å². The molecule has 1 aromatic heterocycles. The van der Waals surface area contributed by atoms with E-state index in [9.17, 15) is 22.0 Å². The summed E-state index contributed by atoms with van der Waals surface area (Å²) in [6, 6.07) is 2.57. The Balaban J connectivity index is 0.00000320. The zero-order valence-electron chi connectivity index (χ0n) is 16.0. The van der Waals surface area contributed by atoms with E-state index < -0.39 is 27.7 Å². The molecule has 1 aromatic carbocycles. The Hall–Kier alpha value is -2.66. The molecule has 0 atom stereocenters. The van der Waals surface area contributed by atoms with E-state index in [1.54, 1.807) is 7.05 Å². The maximum absolute atomic E-state index is 13.3. The summed E-state index contributed by atoms with van der Waals surface area (Å²) in [5.74, 6) is -1.36. The van der Waals surface area contributed by atoms with Gasteiger partial charge in [0.15, 0.2) is 0 Å². The molecule has 3 rings (SSSR count). The average molecular weight is 442 g/mol. The highest BCUT2D eigenvalue weighted by Gasteiger charge is 2.29. The molecule has 8 nitrogen and oxygen atoms in total. The fourth-order valence-corrected chi connectivity index (χ4v) is 4.05. The number of hydrogen-bond donors (Lipinski definition) is 1. The van der Waals surface area contributed by atoms with Crippen LogP contribution in [0.1, 0.15) is 20.3 Å². The van der Waals surface area contributed by atoms with E-state index in [2.05, 4.69) is 15.3 Å². The number of urea groups is 1. The maximum Gasteiger partial charge on any atom is 0.324 e. The fourth-order valence-electron chi connectivity index (χ4n) is 3.17. The lowest BCUT2D eigenvalue weighted by molar-refractivity contribution is 0.174. The largest absolute Gasteiger partial charge is 0.324 e. The number of aromatic nitrogens is 2. The number of benzene rings is 1. The second-order valence-electron chi connectivity index (χ2n) is 6.89. The molecule has 2 aromatic rings. The van der Waals surface area contributed by atoms with Crippen LogP contribution in [0.2, 0.25) is 0 Å². The van der Waals surface area contributed by atoms with Gasteiger partial charge in [0.25, 0.3) is 0 Å². The van der Waals surface area contributed by atoms with Crippen LogP contribution in [0.25, 0.3) is 11.1 Å². The molecule has 164 valence electrons. The van der Waals surface area contributed by atoms with E-state index in [0.717, 1.165) is 18.2 Å². The Bertz CT molecular complexity index is 973. The molecule has 1 saturated heterocycles. The van der Waals surface area contributed by atoms with Crippen molar-refractivity contribution in [2.75, 3.05) is 31.7 Å². The first-order valence-electron chi connectivity index (χ1n) is 8.91. The second-order valence-corrected chi connectivity index (χ2v) is 8.87. The van der Waals surface area contributed by atoms with Crippen molar-refractivity contribution in [3.63, 3.8) is 0 Å². The number of rotatable bonds is 4. The number of piperidine rings is 1. The molecule has 0 radical (unpaired) electrons. The number of nitrogens with zero attached hydrogens (tertiary/aromatic N) is 4. The minimum Gasteiger partial charge on any atom is -0.324 e. The SMILES string of the molecule is C.CN(C(=O)Nc1ncc(-c2cc(F)cc(F)c2)cn1)C1CCN(S(C)(=O)=O)CC1. The Morgan fingerprint density at radius 3 is 2.13 bits per heavy atom. The van der Waals surface area contributed by atoms with Gasteiger partial charge in [0.2, 0.25) is 16.0 Å². The van der Waals surface area contributed by atoms with E-state index in [0.29, 0.717) is 31.5 Å². The number of halogens is 2. The number of anilines is 1. The van der Waals surface area contributed by atoms with Gasteiger partial charge in [-0.3, -0.25) is 5.32 Å². The standard InChI is InChI=1S/C18H21F2N5O3S.CH4/c1-24(16-3-5-25(6-4-16)29(2,27)28)18(26)23-17-21-10-13(11-22-17)12-7-14(19)9-15(20)8-12;/h7-11,16H,3-6H2,1-2H3,(H,21,22,23,26);1H4. The van der Waals surface area contributed by atoms with Gasteiger partial charge < -0.3 is 4.90 Å². The van der Waals surface area contributed by atoms with Gasteiger partial charge in [-0.15, -0.1) is 0 Å². The molecule has 1 fully saturated rings. The molecular weight excluding hydrogens is 416 g/mol. The van der Waals surface area contributed by atoms with Gasteiger partial charge in [-0.1, -0.05) is 7.43 Å². The molecule has 0 aliphatic carbocycles. The first-order valence-corrected chi connectivity index (χ1v) is 10.8. The van der Waals surface area contributed by atoms with Crippen LogP contribution in [-0.2, 0) is 10.0 Å². The van der Waals surface area contributed by atoms with E-state index >= 15 is 0 Å². The average Bonchev–Trinajstić information content (AvgIpc) is 2.66. The van der Waals surface area contributed by atoms with Crippen LogP contribution in [0.15, 0.2) is 30.6 Å². The molecule has 11 heteroatoms. The van der Waals surface area contributed by atoms with Crippen molar-refractivity contribution in [3.8, 4) is 11.1 Å². The van der Waals surface area contributed by atoms with Crippen molar-refractivity contribution in [1.82, 2.24) is 19.2 Å². The van der Waals surface area contributed by atoms with Gasteiger partial charge >= 0.3 is 6.03 Å². The normalized spacial score (nSPS) is 15.3. The van der Waals surface area contributed by atoms with Crippen molar-refractivity contribution in [2.24, 2.45) is 0 Å². The summed E-state index contributed by atoms with van der Waals surface area (Å²) in [5.41, 5.74) is 0.693. The highest BCUT2D eigenvalue weighted by molar-refractivity contribution is 7.88. The number of amides is 2. The fraction of sp³-hybridized carbons (Fsp3) is 0.421. The van der Waals surface area contributed by atoms with E-state index in [1.165, 1.54) is 27.9 Å². The zero-order valence-corrected chi connectivity index (χ0v) is 16.8. The Morgan fingerprint density at radius 1 is 1.10 bits per heavy atom. The molecule has 1 aliphatic rings. The summed E-state index contributed by atoms with van der Waals surface area (Å²) in [7, 11) is -1.60. The third-order valence-corrected chi connectivity index (χ3v) is 6.13. The monoisotopic (exact) mass is 441 g/mol. The lowest BCUT2D eigenvalue weighted by atomic mass is 10.1. The topological polar surface area (TPSA) is 95.5 Å². The van der Waals surface area contributed by atoms with Gasteiger partial charge in [0.05, 0.1) is 6.26 Å². The van der Waals surface area contributed by atoms with Gasteiger partial charge in [0, 0.05) is 50.2 Å². The highest BCUT2D eigenvalue weighted by atomic mass is 32.2. The summed E-state index contributed by atoms with van der Waals surface area (Å²) in [6.45, 7) is 0.715. The van der Waals surface area contributed by atoms with E-state index in [-0.39, 0.29) is 25.0 Å². The molecule has 0 unspecified atom stereocenters. The molecule has 0 saturated carbocycles. The summed E-state index contributed by atoms with van der Waals surface area (Å²) in [6.07, 6.45) is 4.95. The third-order valence-electron chi connectivity index (χ3n) is 4.83. The van der Waals surface area contributed by atoms with Crippen LogP contribution in [0, 0.1) is 11.6 Å². The molecule has 2 amide bonds. The maximum atomic E-state index is 13.3. The lowest BCUT2D eigenvalue weighted by Gasteiger charge is -2.35. The van der Waals surface area contributed by atoms with E-state index in [1.807, 2.05) is 0 Å². The van der Waals surface area contributed by atoms with Gasteiger partial charge in [-0.05, 0) is 30.5 Å². The summed E-state index contributed by atoms with van der Waals surface area (Å²) < 4.78 is 51.2. The lowest BCUT2D eigenvalue weighted by Crippen LogP contribution is -2.48. The molecular formula is C19H25F2N5O3S. The van der Waals surface area contributed by atoms with Crippen LogP contribution in [0.4, 0.5) is 19.5 Å². The molecule has 2 heterocycles. The van der Waals surface area contributed by atoms with Crippen LogP contribution in [0.5, 0.6) is 0 Å². The predicted octanol–water partition coefficient (Wildman–Crippen LogP) is 2.95. The second kappa shape index (κ2) is 9.43. The van der Waals surface area contributed by atoms with E-state index in [4.69, 9.17) is 0 Å². The van der Waals surface area contributed by atoms with Gasteiger partial charge in [-0.2, -0.15) is 0 Å². The molecule has 0 bridgehead atoms. The third kappa shape index (κ3) is 5.70. The summed E-state index contributed by atoms with van der Waals surface area (Å²) >= 11 is 0. The first-order chi connectivity index (χ1) is 13.6. The van der Waals surface area contributed by atoms with Crippen LogP contribution < -0.4 is 5.32 Å². The smallest absolute Gasteiger partial charge is 0.324 e. The van der Waals surface area contributed by atoms with Crippen LogP contribution >= 0.6 is 0 Å². The minimum atomic E-state index is -3.23. The minimum absolute atomic E-state index is 0. The zero-order chi connectivity index (χ0) is 21.2. The Kier molecular flexibility index (Phi) is 7.43. The quantitative estimate of drug-likeness (QED) is 0.787.